The summed E-state index contributed by atoms with van der Waals surface area (Å²) in [6, 6.07) is 1.74. The van der Waals surface area contributed by atoms with E-state index in [1.807, 2.05) is 0 Å². The third-order valence-corrected chi connectivity index (χ3v) is 1.98. The summed E-state index contributed by atoms with van der Waals surface area (Å²) in [7, 11) is 0. The highest BCUT2D eigenvalue weighted by Gasteiger charge is 2.23. The molecule has 2 rings (SSSR count). The number of hydrogen-bond acceptors (Lipinski definition) is 2. The number of benzene rings is 1. The van der Waals surface area contributed by atoms with E-state index in [2.05, 4.69) is 4.99 Å². The van der Waals surface area contributed by atoms with Crippen LogP contribution in [0.15, 0.2) is 17.1 Å². The van der Waals surface area contributed by atoms with Gasteiger partial charge >= 0.3 is 5.97 Å². The van der Waals surface area contributed by atoms with Crippen molar-refractivity contribution in [2.24, 2.45) is 4.99 Å². The summed E-state index contributed by atoms with van der Waals surface area (Å²) in [4.78, 5) is 14.1. The second kappa shape index (κ2) is 2.87. The minimum absolute atomic E-state index is 0.0694. The lowest BCUT2D eigenvalue weighted by molar-refractivity contribution is -0.129. The Kier molecular flexibility index (Phi) is 1.80. The highest BCUT2D eigenvalue weighted by Crippen LogP contribution is 2.29. The molecule has 1 aliphatic heterocycles. The minimum Gasteiger partial charge on any atom is -0.477 e. The van der Waals surface area contributed by atoms with E-state index in [1.165, 1.54) is 0 Å². The minimum atomic E-state index is -1.21. The number of aliphatic carboxylic acids is 1. The van der Waals surface area contributed by atoms with Crippen molar-refractivity contribution in [2.45, 2.75) is 6.42 Å². The first-order valence-corrected chi connectivity index (χ1v) is 3.86. The molecular formula is C9H5F2NO2. The zero-order valence-electron chi connectivity index (χ0n) is 6.92. The molecule has 0 bridgehead atoms. The molecule has 0 aromatic heterocycles. The van der Waals surface area contributed by atoms with Gasteiger partial charge in [0.2, 0.25) is 0 Å². The van der Waals surface area contributed by atoms with Crippen LogP contribution in [-0.2, 0) is 11.2 Å². The van der Waals surface area contributed by atoms with Crippen molar-refractivity contribution >= 4 is 17.4 Å². The fourth-order valence-corrected chi connectivity index (χ4v) is 1.34. The second-order valence-electron chi connectivity index (χ2n) is 2.93. The Labute approximate surface area is 77.7 Å². The fraction of sp³-hybridized carbons (Fsp3) is 0.111. The van der Waals surface area contributed by atoms with Gasteiger partial charge < -0.3 is 5.11 Å². The van der Waals surface area contributed by atoms with Crippen molar-refractivity contribution in [3.8, 4) is 0 Å². The molecule has 0 radical (unpaired) electrons. The van der Waals surface area contributed by atoms with Gasteiger partial charge in [-0.05, 0) is 6.07 Å². The summed E-state index contributed by atoms with van der Waals surface area (Å²) in [5.41, 5.74) is 0.0493. The van der Waals surface area contributed by atoms with Crippen LogP contribution in [0.4, 0.5) is 14.5 Å². The number of rotatable bonds is 1. The van der Waals surface area contributed by atoms with Crippen molar-refractivity contribution in [3.05, 3.63) is 29.3 Å². The summed E-state index contributed by atoms with van der Waals surface area (Å²) in [6.45, 7) is 0. The number of carboxylic acids is 1. The van der Waals surface area contributed by atoms with Crippen LogP contribution in [0.25, 0.3) is 0 Å². The van der Waals surface area contributed by atoms with E-state index in [4.69, 9.17) is 5.11 Å². The lowest BCUT2D eigenvalue weighted by atomic mass is 10.1. The monoisotopic (exact) mass is 197 g/mol. The highest BCUT2D eigenvalue weighted by molar-refractivity contribution is 6.37. The van der Waals surface area contributed by atoms with Crippen LogP contribution < -0.4 is 0 Å². The van der Waals surface area contributed by atoms with E-state index in [1.54, 1.807) is 0 Å². The van der Waals surface area contributed by atoms with Crippen LogP contribution >= 0.6 is 0 Å². The maximum Gasteiger partial charge on any atom is 0.350 e. The van der Waals surface area contributed by atoms with Crippen molar-refractivity contribution in [2.75, 3.05) is 0 Å². The Morgan fingerprint density at radius 2 is 2.14 bits per heavy atom. The largest absolute Gasteiger partial charge is 0.477 e. The molecule has 14 heavy (non-hydrogen) atoms. The van der Waals surface area contributed by atoms with Crippen LogP contribution in [0.5, 0.6) is 0 Å². The molecule has 1 heterocycles. The van der Waals surface area contributed by atoms with Gasteiger partial charge in [-0.2, -0.15) is 0 Å². The lowest BCUT2D eigenvalue weighted by Crippen LogP contribution is -2.12. The first-order valence-electron chi connectivity index (χ1n) is 3.86. The zero-order chi connectivity index (χ0) is 10.3. The smallest absolute Gasteiger partial charge is 0.350 e. The van der Waals surface area contributed by atoms with E-state index in [0.29, 0.717) is 0 Å². The molecule has 0 aliphatic carbocycles. The Hall–Kier alpha value is -1.78. The van der Waals surface area contributed by atoms with Crippen LogP contribution in [-0.4, -0.2) is 16.8 Å². The van der Waals surface area contributed by atoms with Gasteiger partial charge in [0.25, 0.3) is 0 Å². The maximum absolute atomic E-state index is 13.1. The number of carboxylic acid groups (broad SMARTS) is 1. The lowest BCUT2D eigenvalue weighted by Gasteiger charge is -1.98. The third kappa shape index (κ3) is 1.26. The van der Waals surface area contributed by atoms with Gasteiger partial charge in [-0.25, -0.2) is 18.6 Å². The van der Waals surface area contributed by atoms with E-state index in [9.17, 15) is 13.6 Å². The molecule has 0 saturated carbocycles. The average molecular weight is 197 g/mol. The normalized spacial score (nSPS) is 13.7. The standard InChI is InChI=1S/C9H5F2NO2/c10-4-1-6(11)5-3-8(9(13)14)12-7(5)2-4/h1-2H,3H2,(H,13,14). The van der Waals surface area contributed by atoms with Crippen LogP contribution in [0.3, 0.4) is 0 Å². The van der Waals surface area contributed by atoms with E-state index >= 15 is 0 Å². The third-order valence-electron chi connectivity index (χ3n) is 1.98. The SMILES string of the molecule is O=C(O)C1=Nc2cc(F)cc(F)c2C1. The van der Waals surface area contributed by atoms with Crippen molar-refractivity contribution in [3.63, 3.8) is 0 Å². The molecule has 1 N–H and O–H groups in total. The van der Waals surface area contributed by atoms with E-state index in [0.717, 1.165) is 12.1 Å². The highest BCUT2D eigenvalue weighted by atomic mass is 19.1. The number of hydrogen-bond donors (Lipinski definition) is 1. The van der Waals surface area contributed by atoms with Crippen molar-refractivity contribution < 1.29 is 18.7 Å². The van der Waals surface area contributed by atoms with Gasteiger partial charge in [0, 0.05) is 18.1 Å². The average Bonchev–Trinajstić information content (AvgIpc) is 2.47. The second-order valence-corrected chi connectivity index (χ2v) is 2.93. The molecule has 3 nitrogen and oxygen atoms in total. The molecule has 0 saturated heterocycles. The Morgan fingerprint density at radius 3 is 2.79 bits per heavy atom. The van der Waals surface area contributed by atoms with Gasteiger partial charge in [-0.15, -0.1) is 0 Å². The number of carbonyl (C=O) groups is 1. The predicted octanol–water partition coefficient (Wildman–Crippen LogP) is 1.68. The van der Waals surface area contributed by atoms with Gasteiger partial charge in [-0.1, -0.05) is 0 Å². The van der Waals surface area contributed by atoms with Gasteiger partial charge in [0.05, 0.1) is 5.69 Å². The molecule has 5 heteroatoms. The number of fused-ring (bicyclic) bond motifs is 1. The molecule has 0 unspecified atom stereocenters. The van der Waals surface area contributed by atoms with Crippen LogP contribution in [0.2, 0.25) is 0 Å². The number of nitrogens with zero attached hydrogens (tertiary/aromatic N) is 1. The Morgan fingerprint density at radius 1 is 1.43 bits per heavy atom. The summed E-state index contributed by atoms with van der Waals surface area (Å²) >= 11 is 0. The maximum atomic E-state index is 13.1. The first kappa shape index (κ1) is 8.80. The van der Waals surface area contributed by atoms with Crippen molar-refractivity contribution in [1.29, 1.82) is 0 Å². The van der Waals surface area contributed by atoms with Crippen molar-refractivity contribution in [1.82, 2.24) is 0 Å². The number of halogens is 2. The van der Waals surface area contributed by atoms with Gasteiger partial charge in [0.1, 0.15) is 17.3 Å². The van der Waals surface area contributed by atoms with E-state index < -0.39 is 17.6 Å². The Balaban J connectivity index is 2.51. The predicted molar refractivity (Wildman–Crippen MR) is 44.8 cm³/mol. The summed E-state index contributed by atoms with van der Waals surface area (Å²) < 4.78 is 25.8. The molecule has 0 atom stereocenters. The fourth-order valence-electron chi connectivity index (χ4n) is 1.34. The molecule has 1 aromatic rings. The summed E-state index contributed by atoms with van der Waals surface area (Å²) in [5, 5.41) is 8.60. The summed E-state index contributed by atoms with van der Waals surface area (Å²) in [5.74, 6) is -2.71. The molecular weight excluding hydrogens is 192 g/mol. The molecule has 0 spiro atoms. The molecule has 0 amide bonds. The molecule has 72 valence electrons. The zero-order valence-corrected chi connectivity index (χ0v) is 6.92. The quantitative estimate of drug-likeness (QED) is 0.744. The Bertz CT molecular complexity index is 454. The molecule has 1 aromatic carbocycles. The first-order chi connectivity index (χ1) is 6.58. The van der Waals surface area contributed by atoms with E-state index in [-0.39, 0.29) is 23.4 Å². The number of aliphatic imine (C=N–C) groups is 1. The molecule has 0 fully saturated rings. The molecule has 1 aliphatic rings. The topological polar surface area (TPSA) is 49.7 Å². The van der Waals surface area contributed by atoms with Crippen LogP contribution in [0.1, 0.15) is 5.56 Å². The van der Waals surface area contributed by atoms with Gasteiger partial charge in [0.15, 0.2) is 0 Å². The van der Waals surface area contributed by atoms with Gasteiger partial charge in [-0.3, -0.25) is 0 Å². The summed E-state index contributed by atoms with van der Waals surface area (Å²) in [6.07, 6.45) is -0.0865. The van der Waals surface area contributed by atoms with Crippen LogP contribution in [0, 0.1) is 11.6 Å².